The van der Waals surface area contributed by atoms with Crippen LogP contribution in [0.15, 0.2) is 60.7 Å². The molecule has 19 heavy (non-hydrogen) atoms. The van der Waals surface area contributed by atoms with Crippen molar-refractivity contribution in [2.75, 3.05) is 11.9 Å². The SMILES string of the molecule is CN(c1ccccc1)c1ccc2cccc(Cl)c2n1. The lowest BCUT2D eigenvalue weighted by Gasteiger charge is -2.18. The maximum Gasteiger partial charge on any atom is 0.133 e. The van der Waals surface area contributed by atoms with Gasteiger partial charge in [-0.25, -0.2) is 4.98 Å². The van der Waals surface area contributed by atoms with Crippen LogP contribution in [0.3, 0.4) is 0 Å². The summed E-state index contributed by atoms with van der Waals surface area (Å²) < 4.78 is 0. The van der Waals surface area contributed by atoms with Gasteiger partial charge in [0.2, 0.25) is 0 Å². The summed E-state index contributed by atoms with van der Waals surface area (Å²) >= 11 is 6.20. The predicted octanol–water partition coefficient (Wildman–Crippen LogP) is 4.66. The number of para-hydroxylation sites is 2. The number of anilines is 2. The first-order valence-corrected chi connectivity index (χ1v) is 6.47. The Morgan fingerprint density at radius 1 is 0.895 bits per heavy atom. The number of aromatic nitrogens is 1. The lowest BCUT2D eigenvalue weighted by atomic mass is 10.2. The van der Waals surface area contributed by atoms with Gasteiger partial charge in [0.15, 0.2) is 0 Å². The quantitative estimate of drug-likeness (QED) is 0.672. The lowest BCUT2D eigenvalue weighted by Crippen LogP contribution is -2.10. The summed E-state index contributed by atoms with van der Waals surface area (Å²) in [6.07, 6.45) is 0. The molecule has 0 aliphatic heterocycles. The lowest BCUT2D eigenvalue weighted by molar-refractivity contribution is 1.15. The maximum absolute atomic E-state index is 6.20. The first kappa shape index (κ1) is 12.0. The van der Waals surface area contributed by atoms with Gasteiger partial charge in [0, 0.05) is 18.1 Å². The molecule has 0 atom stereocenters. The number of benzene rings is 2. The van der Waals surface area contributed by atoms with E-state index < -0.39 is 0 Å². The van der Waals surface area contributed by atoms with Crippen LogP contribution in [0.25, 0.3) is 10.9 Å². The molecule has 0 fully saturated rings. The van der Waals surface area contributed by atoms with Gasteiger partial charge in [0.05, 0.1) is 10.5 Å². The summed E-state index contributed by atoms with van der Waals surface area (Å²) in [5.41, 5.74) is 1.94. The second-order valence-corrected chi connectivity index (χ2v) is 4.78. The topological polar surface area (TPSA) is 16.1 Å². The molecule has 0 aliphatic rings. The first-order valence-electron chi connectivity index (χ1n) is 6.10. The number of halogens is 1. The number of hydrogen-bond acceptors (Lipinski definition) is 2. The third-order valence-corrected chi connectivity index (χ3v) is 3.45. The van der Waals surface area contributed by atoms with Crippen LogP contribution in [0.1, 0.15) is 0 Å². The summed E-state index contributed by atoms with van der Waals surface area (Å²) in [6.45, 7) is 0. The largest absolute Gasteiger partial charge is 0.329 e. The fourth-order valence-electron chi connectivity index (χ4n) is 2.07. The fourth-order valence-corrected chi connectivity index (χ4v) is 2.30. The normalized spacial score (nSPS) is 10.6. The van der Waals surface area contributed by atoms with Gasteiger partial charge in [-0.2, -0.15) is 0 Å². The summed E-state index contributed by atoms with van der Waals surface area (Å²) in [5.74, 6) is 0.881. The van der Waals surface area contributed by atoms with E-state index in [-0.39, 0.29) is 0 Å². The highest BCUT2D eigenvalue weighted by atomic mass is 35.5. The van der Waals surface area contributed by atoms with Crippen molar-refractivity contribution in [1.29, 1.82) is 0 Å². The Labute approximate surface area is 117 Å². The van der Waals surface area contributed by atoms with Crippen LogP contribution in [0.4, 0.5) is 11.5 Å². The van der Waals surface area contributed by atoms with Crippen molar-refractivity contribution < 1.29 is 0 Å². The molecule has 2 nitrogen and oxygen atoms in total. The summed E-state index contributed by atoms with van der Waals surface area (Å²) in [7, 11) is 2.00. The molecular formula is C16H13ClN2. The molecule has 0 saturated carbocycles. The molecule has 0 saturated heterocycles. The van der Waals surface area contributed by atoms with Crippen LogP contribution < -0.4 is 4.90 Å². The average Bonchev–Trinajstić information content (AvgIpc) is 2.47. The smallest absolute Gasteiger partial charge is 0.133 e. The van der Waals surface area contributed by atoms with Crippen molar-refractivity contribution in [3.05, 3.63) is 65.7 Å². The Bertz CT molecular complexity index is 710. The highest BCUT2D eigenvalue weighted by Gasteiger charge is 2.07. The minimum Gasteiger partial charge on any atom is -0.329 e. The van der Waals surface area contributed by atoms with Crippen LogP contribution in [0.5, 0.6) is 0 Å². The Hall–Kier alpha value is -2.06. The van der Waals surface area contributed by atoms with E-state index in [1.165, 1.54) is 0 Å². The summed E-state index contributed by atoms with van der Waals surface area (Å²) in [4.78, 5) is 6.69. The molecule has 0 N–H and O–H groups in total. The molecule has 0 bridgehead atoms. The van der Waals surface area contributed by atoms with Gasteiger partial charge in [-0.15, -0.1) is 0 Å². The van der Waals surface area contributed by atoms with Crippen LogP contribution in [0, 0.1) is 0 Å². The fraction of sp³-hybridized carbons (Fsp3) is 0.0625. The van der Waals surface area contributed by atoms with Crippen LogP contribution >= 0.6 is 11.6 Å². The minimum atomic E-state index is 0.681. The van der Waals surface area contributed by atoms with E-state index in [1.54, 1.807) is 0 Å². The standard InChI is InChI=1S/C16H13ClN2/c1-19(13-7-3-2-4-8-13)15-11-10-12-6-5-9-14(17)16(12)18-15/h2-11H,1H3. The average molecular weight is 269 g/mol. The summed E-state index contributed by atoms with van der Waals surface area (Å²) in [6, 6.07) is 20.0. The van der Waals surface area contributed by atoms with Gasteiger partial charge in [-0.05, 0) is 30.3 Å². The molecule has 0 amide bonds. The van der Waals surface area contributed by atoms with Gasteiger partial charge >= 0.3 is 0 Å². The van der Waals surface area contributed by atoms with E-state index in [1.807, 2.05) is 60.5 Å². The van der Waals surface area contributed by atoms with Gasteiger partial charge < -0.3 is 4.90 Å². The molecule has 0 aliphatic carbocycles. The van der Waals surface area contributed by atoms with E-state index in [9.17, 15) is 0 Å². The molecule has 1 aromatic heterocycles. The van der Waals surface area contributed by atoms with Crippen LogP contribution in [-0.2, 0) is 0 Å². The molecule has 0 radical (unpaired) electrons. The molecule has 2 aromatic carbocycles. The number of fused-ring (bicyclic) bond motifs is 1. The second-order valence-electron chi connectivity index (χ2n) is 4.38. The predicted molar refractivity (Wildman–Crippen MR) is 81.3 cm³/mol. The molecule has 0 spiro atoms. The zero-order chi connectivity index (χ0) is 13.2. The second kappa shape index (κ2) is 4.90. The monoisotopic (exact) mass is 268 g/mol. The van der Waals surface area contributed by atoms with Crippen molar-refractivity contribution in [3.8, 4) is 0 Å². The number of nitrogens with zero attached hydrogens (tertiary/aromatic N) is 2. The van der Waals surface area contributed by atoms with E-state index in [0.717, 1.165) is 22.4 Å². The van der Waals surface area contributed by atoms with Crippen molar-refractivity contribution in [2.24, 2.45) is 0 Å². The first-order chi connectivity index (χ1) is 9.25. The minimum absolute atomic E-state index is 0.681. The number of pyridine rings is 1. The zero-order valence-electron chi connectivity index (χ0n) is 10.5. The van der Waals surface area contributed by atoms with Crippen LogP contribution in [0.2, 0.25) is 5.02 Å². The van der Waals surface area contributed by atoms with E-state index in [2.05, 4.69) is 17.1 Å². The Morgan fingerprint density at radius 2 is 1.68 bits per heavy atom. The molecule has 94 valence electrons. The van der Waals surface area contributed by atoms with Gasteiger partial charge in [0.25, 0.3) is 0 Å². The molecular weight excluding hydrogens is 256 g/mol. The summed E-state index contributed by atoms with van der Waals surface area (Å²) in [5, 5.41) is 1.73. The van der Waals surface area contributed by atoms with Crippen molar-refractivity contribution in [1.82, 2.24) is 4.98 Å². The third-order valence-electron chi connectivity index (χ3n) is 3.14. The van der Waals surface area contributed by atoms with E-state index >= 15 is 0 Å². The van der Waals surface area contributed by atoms with Gasteiger partial charge in [0.1, 0.15) is 5.82 Å². The third kappa shape index (κ3) is 2.27. The van der Waals surface area contributed by atoms with Crippen molar-refractivity contribution in [3.63, 3.8) is 0 Å². The number of hydrogen-bond donors (Lipinski definition) is 0. The molecule has 3 aromatic rings. The van der Waals surface area contributed by atoms with Gasteiger partial charge in [-0.1, -0.05) is 41.9 Å². The molecule has 3 heteroatoms. The molecule has 0 unspecified atom stereocenters. The Morgan fingerprint density at radius 3 is 2.47 bits per heavy atom. The highest BCUT2D eigenvalue weighted by Crippen LogP contribution is 2.27. The highest BCUT2D eigenvalue weighted by molar-refractivity contribution is 6.35. The van der Waals surface area contributed by atoms with Crippen molar-refractivity contribution >= 4 is 34.0 Å². The van der Waals surface area contributed by atoms with E-state index in [0.29, 0.717) is 5.02 Å². The van der Waals surface area contributed by atoms with Gasteiger partial charge in [-0.3, -0.25) is 0 Å². The van der Waals surface area contributed by atoms with Crippen molar-refractivity contribution in [2.45, 2.75) is 0 Å². The maximum atomic E-state index is 6.20. The Balaban J connectivity index is 2.09. The molecule has 1 heterocycles. The van der Waals surface area contributed by atoms with Crippen LogP contribution in [-0.4, -0.2) is 12.0 Å². The Kier molecular flexibility index (Phi) is 3.10. The molecule has 3 rings (SSSR count). The zero-order valence-corrected chi connectivity index (χ0v) is 11.3. The van der Waals surface area contributed by atoms with E-state index in [4.69, 9.17) is 11.6 Å². The number of rotatable bonds is 2.